The largest absolute Gasteiger partial charge is 0.594 e. The molecule has 0 bridgehead atoms. The van der Waals surface area contributed by atoms with E-state index in [0.29, 0.717) is 15.9 Å². The van der Waals surface area contributed by atoms with Gasteiger partial charge in [-0.15, -0.1) is 0 Å². The van der Waals surface area contributed by atoms with Crippen molar-refractivity contribution in [2.75, 3.05) is 24.7 Å². The van der Waals surface area contributed by atoms with Gasteiger partial charge in [-0.05, 0) is 17.0 Å². The number of nitrogens with zero attached hydrogens (tertiary/aromatic N) is 4. The Morgan fingerprint density at radius 1 is 1.40 bits per heavy atom. The lowest BCUT2D eigenvalue weighted by Gasteiger charge is -2.12. The first-order valence-electron chi connectivity index (χ1n) is 4.43. The van der Waals surface area contributed by atoms with Crippen LogP contribution in [0.2, 0.25) is 0 Å². The summed E-state index contributed by atoms with van der Waals surface area (Å²) in [4.78, 5) is 6.34. The number of benzene rings is 1. The van der Waals surface area contributed by atoms with Gasteiger partial charge >= 0.3 is 0 Å². The lowest BCUT2D eigenvalue weighted by molar-refractivity contribution is -0.641. The molecule has 0 aliphatic rings. The molecular weight excluding hydrogens is 194 g/mol. The van der Waals surface area contributed by atoms with Crippen LogP contribution < -0.4 is 15.5 Å². The summed E-state index contributed by atoms with van der Waals surface area (Å²) in [5.41, 5.74) is 7.13. The van der Waals surface area contributed by atoms with Crippen LogP contribution in [-0.4, -0.2) is 24.2 Å². The van der Waals surface area contributed by atoms with Crippen molar-refractivity contribution in [3.05, 3.63) is 23.4 Å². The second-order valence-electron chi connectivity index (χ2n) is 3.38. The van der Waals surface area contributed by atoms with Gasteiger partial charge in [0.25, 0.3) is 11.5 Å². The maximum atomic E-state index is 11.6. The third-order valence-corrected chi connectivity index (χ3v) is 2.09. The molecule has 1 heterocycles. The average molecular weight is 205 g/mol. The Morgan fingerprint density at radius 3 is 2.80 bits per heavy atom. The number of nitrogens with two attached hydrogens (primary N) is 1. The van der Waals surface area contributed by atoms with E-state index in [9.17, 15) is 5.21 Å². The van der Waals surface area contributed by atoms with Gasteiger partial charge in [-0.2, -0.15) is 0 Å². The molecule has 0 amide bonds. The highest BCUT2D eigenvalue weighted by Gasteiger charge is 2.15. The predicted molar refractivity (Wildman–Crippen MR) is 57.2 cm³/mol. The molecule has 2 rings (SSSR count). The summed E-state index contributed by atoms with van der Waals surface area (Å²) in [7, 11) is 3.70. The van der Waals surface area contributed by atoms with Gasteiger partial charge in [-0.25, -0.2) is 4.98 Å². The van der Waals surface area contributed by atoms with Gasteiger partial charge in [-0.1, -0.05) is 6.07 Å². The number of hydrogen-bond donors (Lipinski definition) is 1. The van der Waals surface area contributed by atoms with Gasteiger partial charge in [0.1, 0.15) is 11.2 Å². The first kappa shape index (κ1) is 9.45. The minimum absolute atomic E-state index is 0.0200. The summed E-state index contributed by atoms with van der Waals surface area (Å²) in [5.74, 6) is -0.0200. The average Bonchev–Trinajstić information content (AvgIpc) is 2.16. The van der Waals surface area contributed by atoms with Crippen molar-refractivity contribution in [2.45, 2.75) is 0 Å². The summed E-state index contributed by atoms with van der Waals surface area (Å²) in [5, 5.41) is 15.1. The topological polar surface area (TPSA) is 82.0 Å². The van der Waals surface area contributed by atoms with Crippen LogP contribution in [0.25, 0.3) is 11.0 Å². The van der Waals surface area contributed by atoms with Crippen molar-refractivity contribution >= 4 is 22.7 Å². The Hall–Kier alpha value is -2.11. The molecule has 6 nitrogen and oxygen atoms in total. The fourth-order valence-electron chi connectivity index (χ4n) is 1.46. The van der Waals surface area contributed by atoms with Crippen LogP contribution >= 0.6 is 0 Å². The van der Waals surface area contributed by atoms with Crippen molar-refractivity contribution in [1.82, 2.24) is 10.1 Å². The summed E-state index contributed by atoms with van der Waals surface area (Å²) < 4.78 is 0. The van der Waals surface area contributed by atoms with E-state index < -0.39 is 0 Å². The Balaban J connectivity index is 2.85. The van der Waals surface area contributed by atoms with E-state index in [-0.39, 0.29) is 5.95 Å². The van der Waals surface area contributed by atoms with Gasteiger partial charge in [0, 0.05) is 14.1 Å². The molecule has 0 aliphatic carbocycles. The van der Waals surface area contributed by atoms with Crippen molar-refractivity contribution in [3.8, 4) is 0 Å². The molecule has 6 heteroatoms. The van der Waals surface area contributed by atoms with Crippen LogP contribution in [0.3, 0.4) is 0 Å². The first-order valence-corrected chi connectivity index (χ1v) is 4.43. The molecule has 0 atom stereocenters. The molecular formula is C9H11N5O. The van der Waals surface area contributed by atoms with Crippen molar-refractivity contribution in [1.29, 1.82) is 0 Å². The third kappa shape index (κ3) is 1.50. The fraction of sp³-hybridized carbons (Fsp3) is 0.222. The number of fused-ring (bicyclic) bond motifs is 1. The Kier molecular flexibility index (Phi) is 2.03. The maximum Gasteiger partial charge on any atom is 0.293 e. The molecule has 0 radical (unpaired) electrons. The molecule has 15 heavy (non-hydrogen) atoms. The Labute approximate surface area is 86.5 Å². The standard InChI is InChI=1S/C9H11N5O/c1-13(2)7-5-3-4-6-8(7)14(15)12-9(10)11-6/h3-5H,1-2H3,(H2,10,11,12). The number of hydrogen-bond acceptors (Lipinski definition) is 5. The quantitative estimate of drug-likeness (QED) is 0.519. The normalized spacial score (nSPS) is 10.5. The van der Waals surface area contributed by atoms with Crippen molar-refractivity contribution in [2.24, 2.45) is 0 Å². The van der Waals surface area contributed by atoms with Crippen LogP contribution in [0.1, 0.15) is 0 Å². The van der Waals surface area contributed by atoms with E-state index in [1.807, 2.05) is 31.1 Å². The van der Waals surface area contributed by atoms with Crippen LogP contribution in [0.15, 0.2) is 18.2 Å². The van der Waals surface area contributed by atoms with Gasteiger partial charge in [-0.3, -0.25) is 0 Å². The van der Waals surface area contributed by atoms with E-state index in [4.69, 9.17) is 5.73 Å². The van der Waals surface area contributed by atoms with E-state index in [1.54, 1.807) is 6.07 Å². The number of aromatic nitrogens is 3. The monoisotopic (exact) mass is 205 g/mol. The SMILES string of the molecule is CN(C)c1cccc2nc(N)n[n+]([O-])c12. The van der Waals surface area contributed by atoms with Crippen LogP contribution in [0.5, 0.6) is 0 Å². The molecule has 78 valence electrons. The Bertz CT molecular complexity index is 511. The minimum Gasteiger partial charge on any atom is -0.594 e. The van der Waals surface area contributed by atoms with Gasteiger partial charge in [0.15, 0.2) is 0 Å². The predicted octanol–water partition coefficient (Wildman–Crippen LogP) is -0.0886. The van der Waals surface area contributed by atoms with Crippen LogP contribution in [0.4, 0.5) is 11.6 Å². The molecule has 0 spiro atoms. The molecule has 2 N–H and O–H groups in total. The van der Waals surface area contributed by atoms with Gasteiger partial charge < -0.3 is 15.8 Å². The zero-order valence-corrected chi connectivity index (χ0v) is 8.51. The van der Waals surface area contributed by atoms with E-state index in [2.05, 4.69) is 10.1 Å². The number of para-hydroxylation sites is 1. The van der Waals surface area contributed by atoms with E-state index >= 15 is 0 Å². The molecule has 0 unspecified atom stereocenters. The van der Waals surface area contributed by atoms with Crippen molar-refractivity contribution in [3.63, 3.8) is 0 Å². The first-order chi connectivity index (χ1) is 7.09. The summed E-state index contributed by atoms with van der Waals surface area (Å²) in [6, 6.07) is 5.38. The molecule has 0 fully saturated rings. The molecule has 1 aromatic carbocycles. The number of rotatable bonds is 1. The zero-order valence-electron chi connectivity index (χ0n) is 8.51. The van der Waals surface area contributed by atoms with Crippen LogP contribution in [0, 0.1) is 5.21 Å². The molecule has 1 aromatic heterocycles. The third-order valence-electron chi connectivity index (χ3n) is 2.09. The molecule has 0 saturated heterocycles. The molecule has 0 saturated carbocycles. The highest BCUT2D eigenvalue weighted by Crippen LogP contribution is 2.20. The highest BCUT2D eigenvalue weighted by atomic mass is 16.5. The fourth-order valence-corrected chi connectivity index (χ4v) is 1.46. The Morgan fingerprint density at radius 2 is 2.13 bits per heavy atom. The van der Waals surface area contributed by atoms with Gasteiger partial charge in [0.2, 0.25) is 0 Å². The lowest BCUT2D eigenvalue weighted by Crippen LogP contribution is -2.35. The minimum atomic E-state index is -0.0200. The van der Waals surface area contributed by atoms with E-state index in [1.165, 1.54) is 0 Å². The summed E-state index contributed by atoms with van der Waals surface area (Å²) in [6.45, 7) is 0. The molecule has 0 aliphatic heterocycles. The number of nitrogen functional groups attached to an aromatic ring is 1. The lowest BCUT2D eigenvalue weighted by atomic mass is 10.2. The zero-order chi connectivity index (χ0) is 11.0. The summed E-state index contributed by atoms with van der Waals surface area (Å²) >= 11 is 0. The smallest absolute Gasteiger partial charge is 0.293 e. The highest BCUT2D eigenvalue weighted by molar-refractivity contribution is 5.85. The second kappa shape index (κ2) is 3.23. The van der Waals surface area contributed by atoms with Crippen LogP contribution in [-0.2, 0) is 0 Å². The van der Waals surface area contributed by atoms with E-state index in [0.717, 1.165) is 5.69 Å². The number of anilines is 2. The summed E-state index contributed by atoms with van der Waals surface area (Å²) in [6.07, 6.45) is 0. The molecule has 2 aromatic rings. The van der Waals surface area contributed by atoms with Crippen molar-refractivity contribution < 1.29 is 4.85 Å². The van der Waals surface area contributed by atoms with Gasteiger partial charge in [0.05, 0.1) is 5.10 Å². The maximum absolute atomic E-state index is 11.6. The second-order valence-corrected chi connectivity index (χ2v) is 3.38.